The second-order valence-electron chi connectivity index (χ2n) is 13.5. The van der Waals surface area contributed by atoms with Crippen molar-refractivity contribution in [3.63, 3.8) is 0 Å². The third-order valence-corrected chi connectivity index (χ3v) is 9.96. The summed E-state index contributed by atoms with van der Waals surface area (Å²) in [7, 11) is 0. The molecule has 8 heteroatoms. The van der Waals surface area contributed by atoms with Crippen molar-refractivity contribution in [2.75, 3.05) is 0 Å². The highest BCUT2D eigenvalue weighted by Crippen LogP contribution is 2.49. The van der Waals surface area contributed by atoms with Crippen LogP contribution < -0.4 is 0 Å². The molecule has 0 aliphatic heterocycles. The quantitative estimate of drug-likeness (QED) is 0.159. The molecule has 0 saturated carbocycles. The molecule has 0 N–H and O–H groups in total. The van der Waals surface area contributed by atoms with Crippen molar-refractivity contribution in [1.29, 1.82) is 0 Å². The minimum atomic E-state index is -4.72. The average molecular weight is 729 g/mol. The Bertz CT molecular complexity index is 2350. The van der Waals surface area contributed by atoms with Crippen LogP contribution in [0.4, 0.5) is 26.3 Å². The fourth-order valence-corrected chi connectivity index (χ4v) is 7.11. The lowest BCUT2D eigenvalue weighted by atomic mass is 9.81. The fraction of sp³-hybridized carbons (Fsp3) is 0.130. The zero-order chi connectivity index (χ0) is 38.4. The van der Waals surface area contributed by atoms with Crippen LogP contribution in [-0.4, -0.2) is 9.97 Å². The summed E-state index contributed by atoms with van der Waals surface area (Å²) in [5, 5.41) is 0. The lowest BCUT2D eigenvalue weighted by Gasteiger charge is -2.24. The first-order valence-electron chi connectivity index (χ1n) is 17.3. The first kappa shape index (κ1) is 36.3. The highest BCUT2D eigenvalue weighted by Gasteiger charge is 2.36. The lowest BCUT2D eigenvalue weighted by Crippen LogP contribution is -2.09. The zero-order valence-electron chi connectivity index (χ0n) is 29.9. The normalized spacial score (nSPS) is 11.9. The smallest absolute Gasteiger partial charge is 0.264 e. The average Bonchev–Trinajstić information content (AvgIpc) is 3.15. The Morgan fingerprint density at radius 1 is 0.352 bits per heavy atom. The van der Waals surface area contributed by atoms with Gasteiger partial charge >= 0.3 is 12.4 Å². The van der Waals surface area contributed by atoms with E-state index in [4.69, 9.17) is 0 Å². The van der Waals surface area contributed by atoms with Gasteiger partial charge in [0.25, 0.3) is 0 Å². The van der Waals surface area contributed by atoms with Crippen molar-refractivity contribution in [3.05, 3.63) is 167 Å². The van der Waals surface area contributed by atoms with E-state index in [9.17, 15) is 26.3 Å². The van der Waals surface area contributed by atoms with Gasteiger partial charge in [0.2, 0.25) is 0 Å². The second-order valence-corrected chi connectivity index (χ2v) is 13.5. The summed E-state index contributed by atoms with van der Waals surface area (Å²) in [6.45, 7) is 7.56. The van der Waals surface area contributed by atoms with Crippen molar-refractivity contribution in [1.82, 2.24) is 9.97 Å². The highest BCUT2D eigenvalue weighted by atomic mass is 19.4. The van der Waals surface area contributed by atoms with Crippen molar-refractivity contribution >= 4 is 0 Å². The summed E-state index contributed by atoms with van der Waals surface area (Å²) in [6, 6.07) is 29.0. The summed E-state index contributed by atoms with van der Waals surface area (Å²) in [5.41, 5.74) is 7.02. The van der Waals surface area contributed by atoms with Crippen LogP contribution in [0.15, 0.2) is 134 Å². The van der Waals surface area contributed by atoms with E-state index in [1.165, 1.54) is 24.3 Å². The summed E-state index contributed by atoms with van der Waals surface area (Å²) in [6.07, 6.45) is -2.64. The molecule has 0 aliphatic carbocycles. The van der Waals surface area contributed by atoms with Gasteiger partial charge in [-0.1, -0.05) is 60.7 Å². The largest absolute Gasteiger partial charge is 0.417 e. The number of pyridine rings is 2. The van der Waals surface area contributed by atoms with Gasteiger partial charge in [-0.25, -0.2) is 0 Å². The molecule has 2 nitrogen and oxygen atoms in total. The van der Waals surface area contributed by atoms with E-state index in [1.807, 2.05) is 76.2 Å². The van der Waals surface area contributed by atoms with Crippen LogP contribution in [0.25, 0.3) is 66.8 Å². The van der Waals surface area contributed by atoms with Crippen LogP contribution in [0.3, 0.4) is 0 Å². The molecule has 0 saturated heterocycles. The predicted octanol–water partition coefficient (Wildman–Crippen LogP) is 13.7. The van der Waals surface area contributed by atoms with Crippen LogP contribution in [0.1, 0.15) is 33.4 Å². The molecule has 2 aromatic heterocycles. The second kappa shape index (κ2) is 14.1. The summed E-state index contributed by atoms with van der Waals surface area (Å²) >= 11 is 0. The first-order chi connectivity index (χ1) is 25.7. The molecule has 0 spiro atoms. The van der Waals surface area contributed by atoms with Gasteiger partial charge in [0.1, 0.15) is 0 Å². The number of aryl methyl sites for hydroxylation is 4. The molecule has 270 valence electrons. The van der Waals surface area contributed by atoms with E-state index >= 15 is 0 Å². The Kier molecular flexibility index (Phi) is 9.48. The Balaban J connectivity index is 1.64. The van der Waals surface area contributed by atoms with E-state index in [-0.39, 0.29) is 22.3 Å². The SMILES string of the molecule is Cc1ccncc1-c1ccc(C)c(-c2cc(-c3ccccc3C(F)(F)F)c(-c3cc(-c4cnccc4C)ccc3C)cc2-c2ccccc2C(F)(F)F)c1. The van der Waals surface area contributed by atoms with Crippen LogP contribution >= 0.6 is 0 Å². The first-order valence-corrected chi connectivity index (χ1v) is 17.3. The van der Waals surface area contributed by atoms with E-state index in [1.54, 1.807) is 49.1 Å². The third-order valence-electron chi connectivity index (χ3n) is 9.96. The van der Waals surface area contributed by atoms with Crippen molar-refractivity contribution < 1.29 is 26.3 Å². The summed E-state index contributed by atoms with van der Waals surface area (Å²) < 4.78 is 89.0. The number of benzene rings is 5. The van der Waals surface area contributed by atoms with Crippen LogP contribution in [-0.2, 0) is 12.4 Å². The fourth-order valence-electron chi connectivity index (χ4n) is 7.11. The number of aromatic nitrogens is 2. The van der Waals surface area contributed by atoms with Crippen LogP contribution in [0.2, 0.25) is 0 Å². The van der Waals surface area contributed by atoms with Gasteiger partial charge in [0.05, 0.1) is 11.1 Å². The maximum atomic E-state index is 14.8. The number of halogens is 6. The van der Waals surface area contributed by atoms with Gasteiger partial charge in [-0.2, -0.15) is 26.3 Å². The predicted molar refractivity (Wildman–Crippen MR) is 204 cm³/mol. The molecule has 0 radical (unpaired) electrons. The van der Waals surface area contributed by atoms with E-state index < -0.39 is 23.5 Å². The topological polar surface area (TPSA) is 25.8 Å². The number of hydrogen-bond acceptors (Lipinski definition) is 2. The molecule has 7 rings (SSSR count). The van der Waals surface area contributed by atoms with E-state index in [0.29, 0.717) is 22.3 Å². The van der Waals surface area contributed by atoms with E-state index in [0.717, 1.165) is 56.6 Å². The molecule has 0 fully saturated rings. The Hall–Kier alpha value is -6.02. The van der Waals surface area contributed by atoms with Gasteiger partial charge < -0.3 is 0 Å². The van der Waals surface area contributed by atoms with Crippen molar-refractivity contribution in [2.24, 2.45) is 0 Å². The maximum Gasteiger partial charge on any atom is 0.417 e. The van der Waals surface area contributed by atoms with Gasteiger partial charge in [0, 0.05) is 35.9 Å². The molecule has 0 atom stereocenters. The van der Waals surface area contributed by atoms with Crippen molar-refractivity contribution in [2.45, 2.75) is 40.0 Å². The zero-order valence-corrected chi connectivity index (χ0v) is 29.9. The van der Waals surface area contributed by atoms with Gasteiger partial charge in [-0.3, -0.25) is 9.97 Å². The molecule has 2 heterocycles. The highest BCUT2D eigenvalue weighted by molar-refractivity contribution is 5.98. The molecule has 0 amide bonds. The van der Waals surface area contributed by atoms with Gasteiger partial charge in [-0.15, -0.1) is 0 Å². The molecule has 5 aromatic carbocycles. The number of nitrogens with zero attached hydrogens (tertiary/aromatic N) is 2. The molecule has 0 aliphatic rings. The monoisotopic (exact) mass is 728 g/mol. The number of rotatable bonds is 6. The molecule has 0 unspecified atom stereocenters. The molecular weight excluding hydrogens is 695 g/mol. The summed E-state index contributed by atoms with van der Waals surface area (Å²) in [5.74, 6) is 0. The van der Waals surface area contributed by atoms with Gasteiger partial charge in [-0.05, 0) is 154 Å². The van der Waals surface area contributed by atoms with E-state index in [2.05, 4.69) is 9.97 Å². The number of alkyl halides is 6. The molecule has 54 heavy (non-hydrogen) atoms. The van der Waals surface area contributed by atoms with Crippen LogP contribution in [0, 0.1) is 27.7 Å². The van der Waals surface area contributed by atoms with Crippen molar-refractivity contribution in [3.8, 4) is 66.8 Å². The maximum absolute atomic E-state index is 14.8. The minimum absolute atomic E-state index is 0.0869. The Morgan fingerprint density at radius 2 is 0.704 bits per heavy atom. The Morgan fingerprint density at radius 3 is 1.07 bits per heavy atom. The minimum Gasteiger partial charge on any atom is -0.264 e. The lowest BCUT2D eigenvalue weighted by molar-refractivity contribution is -0.137. The molecule has 7 aromatic rings. The third kappa shape index (κ3) is 6.92. The molecule has 0 bridgehead atoms. The molecular formula is C46H34F6N2. The summed E-state index contributed by atoms with van der Waals surface area (Å²) in [4.78, 5) is 8.58. The standard InChI is InChI=1S/C46H34F6N2/c1-27-13-15-31(41-25-53-19-17-29(41)3)21-35(27)39-23-38(34-10-6-8-12-44(34)46(50,51)52)40(24-37(39)33-9-5-7-11-43(33)45(47,48)49)36-22-32(16-14-28(36)2)42-26-54-20-18-30(42)4/h5-26H,1-4H3. The van der Waals surface area contributed by atoms with Crippen LogP contribution in [0.5, 0.6) is 0 Å². The van der Waals surface area contributed by atoms with Gasteiger partial charge in [0.15, 0.2) is 0 Å². The Labute approximate surface area is 309 Å². The number of hydrogen-bond donors (Lipinski definition) is 0.